The second kappa shape index (κ2) is 4.48. The Hall–Kier alpha value is -2.30. The second-order valence-electron chi connectivity index (χ2n) is 3.37. The number of nitrogens with two attached hydrogens (primary N) is 1. The number of benzene rings is 1. The zero-order valence-corrected chi connectivity index (χ0v) is 8.60. The summed E-state index contributed by atoms with van der Waals surface area (Å²) >= 11 is 0. The number of anilines is 2. The van der Waals surface area contributed by atoms with Crippen LogP contribution in [0.1, 0.15) is 5.56 Å². The van der Waals surface area contributed by atoms with Crippen molar-refractivity contribution in [1.29, 1.82) is 0 Å². The second-order valence-corrected chi connectivity index (χ2v) is 3.37. The van der Waals surface area contributed by atoms with E-state index in [1.165, 1.54) is 12.4 Å². The molecule has 0 bridgehead atoms. The molecule has 2 aromatic rings. The van der Waals surface area contributed by atoms with E-state index in [4.69, 9.17) is 5.73 Å². The van der Waals surface area contributed by atoms with Crippen molar-refractivity contribution in [3.63, 3.8) is 0 Å². The zero-order chi connectivity index (χ0) is 11.4. The molecule has 0 fully saturated rings. The number of nitrogens with one attached hydrogen (secondary N) is 2. The quantitative estimate of drug-likeness (QED) is 0.667. The molecule has 5 heteroatoms. The largest absolute Gasteiger partial charge is 0.399 e. The highest BCUT2D eigenvalue weighted by Gasteiger charge is 1.99. The van der Waals surface area contributed by atoms with Gasteiger partial charge in [-0.05, 0) is 17.7 Å². The minimum atomic E-state index is -0.230. The van der Waals surface area contributed by atoms with Crippen molar-refractivity contribution in [1.82, 2.24) is 9.97 Å². The van der Waals surface area contributed by atoms with Gasteiger partial charge in [-0.1, -0.05) is 12.1 Å². The molecule has 0 unspecified atom stereocenters. The van der Waals surface area contributed by atoms with Crippen molar-refractivity contribution >= 4 is 11.5 Å². The third kappa shape index (κ3) is 2.38. The fourth-order valence-corrected chi connectivity index (χ4v) is 1.37. The molecule has 0 aliphatic heterocycles. The van der Waals surface area contributed by atoms with Crippen LogP contribution in [0.4, 0.5) is 11.5 Å². The number of rotatable bonds is 3. The summed E-state index contributed by atoms with van der Waals surface area (Å²) in [6.07, 6.45) is 3.02. The molecule has 1 heterocycles. The molecule has 16 heavy (non-hydrogen) atoms. The molecule has 0 aliphatic carbocycles. The smallest absolute Gasteiger partial charge is 0.290 e. The van der Waals surface area contributed by atoms with E-state index in [0.717, 1.165) is 5.56 Å². The SMILES string of the molecule is Nc1cccc(CNc2ncc[nH]c2=O)c1. The Morgan fingerprint density at radius 3 is 3.06 bits per heavy atom. The average molecular weight is 216 g/mol. The molecule has 5 nitrogen and oxygen atoms in total. The Morgan fingerprint density at radius 1 is 1.44 bits per heavy atom. The van der Waals surface area contributed by atoms with E-state index in [-0.39, 0.29) is 5.56 Å². The van der Waals surface area contributed by atoms with Gasteiger partial charge in [0.15, 0.2) is 5.82 Å². The average Bonchev–Trinajstić information content (AvgIpc) is 2.28. The standard InChI is InChI=1S/C11H12N4O/c12-9-3-1-2-8(6-9)7-15-10-11(16)14-5-4-13-10/h1-6H,7,12H2,(H,13,15)(H,14,16). The molecule has 2 rings (SSSR count). The van der Waals surface area contributed by atoms with Gasteiger partial charge < -0.3 is 16.0 Å². The monoisotopic (exact) mass is 216 g/mol. The van der Waals surface area contributed by atoms with E-state index >= 15 is 0 Å². The molecule has 4 N–H and O–H groups in total. The van der Waals surface area contributed by atoms with Crippen LogP contribution in [-0.4, -0.2) is 9.97 Å². The maximum atomic E-state index is 11.3. The minimum Gasteiger partial charge on any atom is -0.399 e. The lowest BCUT2D eigenvalue weighted by Crippen LogP contribution is -2.15. The molecule has 1 aromatic carbocycles. The fraction of sp³-hybridized carbons (Fsp3) is 0.0909. The Morgan fingerprint density at radius 2 is 2.31 bits per heavy atom. The Kier molecular flexibility index (Phi) is 2.86. The number of hydrogen-bond acceptors (Lipinski definition) is 4. The highest BCUT2D eigenvalue weighted by atomic mass is 16.1. The van der Waals surface area contributed by atoms with Crippen LogP contribution in [0.15, 0.2) is 41.5 Å². The third-order valence-electron chi connectivity index (χ3n) is 2.12. The molecular weight excluding hydrogens is 204 g/mol. The molecule has 0 aliphatic rings. The zero-order valence-electron chi connectivity index (χ0n) is 8.60. The van der Waals surface area contributed by atoms with Gasteiger partial charge in [-0.2, -0.15) is 0 Å². The van der Waals surface area contributed by atoms with Crippen LogP contribution in [0.3, 0.4) is 0 Å². The van der Waals surface area contributed by atoms with Gasteiger partial charge in [0.25, 0.3) is 5.56 Å². The maximum Gasteiger partial charge on any atom is 0.290 e. The summed E-state index contributed by atoms with van der Waals surface area (Å²) in [5.74, 6) is 0.310. The molecular formula is C11H12N4O. The summed E-state index contributed by atoms with van der Waals surface area (Å²) in [5, 5.41) is 2.95. The predicted molar refractivity (Wildman–Crippen MR) is 63.0 cm³/mol. The van der Waals surface area contributed by atoms with Gasteiger partial charge in [-0.3, -0.25) is 4.79 Å². The van der Waals surface area contributed by atoms with Crippen molar-refractivity contribution in [3.8, 4) is 0 Å². The lowest BCUT2D eigenvalue weighted by molar-refractivity contribution is 1.06. The van der Waals surface area contributed by atoms with Gasteiger partial charge in [-0.25, -0.2) is 4.98 Å². The Balaban J connectivity index is 2.08. The van der Waals surface area contributed by atoms with E-state index in [0.29, 0.717) is 18.1 Å². The number of aromatic nitrogens is 2. The van der Waals surface area contributed by atoms with Crippen molar-refractivity contribution in [2.75, 3.05) is 11.1 Å². The highest BCUT2D eigenvalue weighted by Crippen LogP contribution is 2.07. The molecule has 0 amide bonds. The maximum absolute atomic E-state index is 11.3. The molecule has 0 radical (unpaired) electrons. The first-order valence-corrected chi connectivity index (χ1v) is 4.88. The number of nitrogens with zero attached hydrogens (tertiary/aromatic N) is 1. The summed E-state index contributed by atoms with van der Waals surface area (Å²) in [5.41, 5.74) is 7.12. The predicted octanol–water partition coefficient (Wildman–Crippen LogP) is 0.964. The van der Waals surface area contributed by atoms with Crippen molar-refractivity contribution < 1.29 is 0 Å². The summed E-state index contributed by atoms with van der Waals surface area (Å²) in [4.78, 5) is 17.8. The van der Waals surface area contributed by atoms with Crippen LogP contribution in [0, 0.1) is 0 Å². The van der Waals surface area contributed by atoms with E-state index in [1.807, 2.05) is 24.3 Å². The van der Waals surface area contributed by atoms with Crippen LogP contribution < -0.4 is 16.6 Å². The van der Waals surface area contributed by atoms with Crippen LogP contribution >= 0.6 is 0 Å². The lowest BCUT2D eigenvalue weighted by Gasteiger charge is -2.04. The molecule has 0 saturated heterocycles. The van der Waals surface area contributed by atoms with Crippen molar-refractivity contribution in [2.45, 2.75) is 6.54 Å². The van der Waals surface area contributed by atoms with Crippen molar-refractivity contribution in [2.24, 2.45) is 0 Å². The van der Waals surface area contributed by atoms with E-state index in [2.05, 4.69) is 15.3 Å². The topological polar surface area (TPSA) is 83.8 Å². The first-order chi connectivity index (χ1) is 7.75. The number of hydrogen-bond donors (Lipinski definition) is 3. The number of nitrogen functional groups attached to an aromatic ring is 1. The number of aromatic amines is 1. The normalized spacial score (nSPS) is 10.0. The van der Waals surface area contributed by atoms with Gasteiger partial charge in [0, 0.05) is 24.6 Å². The van der Waals surface area contributed by atoms with Gasteiger partial charge in [0.2, 0.25) is 0 Å². The number of H-pyrrole nitrogens is 1. The highest BCUT2D eigenvalue weighted by molar-refractivity contribution is 5.42. The Labute approximate surface area is 92.3 Å². The molecule has 0 atom stereocenters. The van der Waals surface area contributed by atoms with E-state index < -0.39 is 0 Å². The minimum absolute atomic E-state index is 0.230. The summed E-state index contributed by atoms with van der Waals surface area (Å²) < 4.78 is 0. The Bertz CT molecular complexity index is 535. The van der Waals surface area contributed by atoms with Crippen LogP contribution in [0.25, 0.3) is 0 Å². The first-order valence-electron chi connectivity index (χ1n) is 4.88. The van der Waals surface area contributed by atoms with Crippen LogP contribution in [0.5, 0.6) is 0 Å². The van der Waals surface area contributed by atoms with Gasteiger partial charge in [0.05, 0.1) is 0 Å². The summed E-state index contributed by atoms with van der Waals surface area (Å²) in [6.45, 7) is 0.519. The molecule has 0 saturated carbocycles. The summed E-state index contributed by atoms with van der Waals surface area (Å²) in [7, 11) is 0. The van der Waals surface area contributed by atoms with Crippen molar-refractivity contribution in [3.05, 3.63) is 52.6 Å². The lowest BCUT2D eigenvalue weighted by atomic mass is 10.2. The van der Waals surface area contributed by atoms with E-state index in [9.17, 15) is 4.79 Å². The first kappa shape index (κ1) is 10.2. The third-order valence-corrected chi connectivity index (χ3v) is 2.12. The molecule has 82 valence electrons. The molecule has 1 aromatic heterocycles. The fourth-order valence-electron chi connectivity index (χ4n) is 1.37. The van der Waals surface area contributed by atoms with Crippen LogP contribution in [-0.2, 0) is 6.54 Å². The van der Waals surface area contributed by atoms with Crippen LogP contribution in [0.2, 0.25) is 0 Å². The summed E-state index contributed by atoms with van der Waals surface area (Å²) in [6, 6.07) is 7.47. The van der Waals surface area contributed by atoms with Gasteiger partial charge in [-0.15, -0.1) is 0 Å². The van der Waals surface area contributed by atoms with E-state index in [1.54, 1.807) is 0 Å². The van der Waals surface area contributed by atoms with Gasteiger partial charge in [0.1, 0.15) is 0 Å². The van der Waals surface area contributed by atoms with Gasteiger partial charge >= 0.3 is 0 Å². The molecule has 0 spiro atoms.